The normalized spacial score (nSPS) is 16.6. The van der Waals surface area contributed by atoms with Crippen LogP contribution in [-0.4, -0.2) is 32.4 Å². The van der Waals surface area contributed by atoms with Gasteiger partial charge in [0.05, 0.1) is 12.7 Å². The number of benzene rings is 1. The van der Waals surface area contributed by atoms with Crippen molar-refractivity contribution in [3.8, 4) is 5.75 Å². The molecule has 1 aromatic carbocycles. The SMILES string of the molecule is CCNC(Cc1cc(Cl)cc2c1OCC2)C(CC)OC. The molecule has 0 saturated carbocycles. The van der Waals surface area contributed by atoms with Crippen molar-refractivity contribution in [1.29, 1.82) is 0 Å². The Labute approximate surface area is 126 Å². The average molecular weight is 298 g/mol. The summed E-state index contributed by atoms with van der Waals surface area (Å²) in [6.45, 7) is 5.95. The number of likely N-dealkylation sites (N-methyl/N-ethyl adjacent to an activating group) is 1. The van der Waals surface area contributed by atoms with E-state index in [2.05, 4.69) is 19.2 Å². The van der Waals surface area contributed by atoms with Crippen molar-refractivity contribution < 1.29 is 9.47 Å². The molecule has 112 valence electrons. The van der Waals surface area contributed by atoms with Crippen LogP contribution in [0.2, 0.25) is 5.02 Å². The largest absolute Gasteiger partial charge is 0.493 e. The fourth-order valence-corrected chi connectivity index (χ4v) is 3.21. The van der Waals surface area contributed by atoms with Crippen LogP contribution in [0.15, 0.2) is 12.1 Å². The van der Waals surface area contributed by atoms with Crippen LogP contribution in [0, 0.1) is 0 Å². The summed E-state index contributed by atoms with van der Waals surface area (Å²) in [6.07, 6.45) is 3.02. The first-order valence-electron chi connectivity index (χ1n) is 7.39. The van der Waals surface area contributed by atoms with E-state index in [9.17, 15) is 0 Å². The van der Waals surface area contributed by atoms with Gasteiger partial charge in [-0.2, -0.15) is 0 Å². The number of hydrogen-bond acceptors (Lipinski definition) is 3. The fourth-order valence-electron chi connectivity index (χ4n) is 2.95. The van der Waals surface area contributed by atoms with Crippen molar-refractivity contribution in [3.63, 3.8) is 0 Å². The first-order valence-corrected chi connectivity index (χ1v) is 7.77. The van der Waals surface area contributed by atoms with Crippen LogP contribution in [0.1, 0.15) is 31.4 Å². The molecule has 1 aromatic rings. The number of fused-ring (bicyclic) bond motifs is 1. The number of nitrogens with one attached hydrogen (secondary N) is 1. The summed E-state index contributed by atoms with van der Waals surface area (Å²) in [5.74, 6) is 1.03. The van der Waals surface area contributed by atoms with E-state index in [1.165, 1.54) is 11.1 Å². The standard InChI is InChI=1S/C16H24ClNO2/c1-4-15(19-3)14(18-5-2)10-12-9-13(17)8-11-6-7-20-16(11)12/h8-9,14-15,18H,4-7,10H2,1-3H3. The van der Waals surface area contributed by atoms with Crippen LogP contribution in [0.3, 0.4) is 0 Å². The lowest BCUT2D eigenvalue weighted by Crippen LogP contribution is -2.42. The molecule has 0 spiro atoms. The Bertz CT molecular complexity index is 446. The second-order valence-electron chi connectivity index (χ2n) is 5.20. The van der Waals surface area contributed by atoms with Crippen LogP contribution in [0.5, 0.6) is 5.75 Å². The number of rotatable bonds is 7. The Morgan fingerprint density at radius 3 is 2.85 bits per heavy atom. The maximum absolute atomic E-state index is 6.23. The highest BCUT2D eigenvalue weighted by Crippen LogP contribution is 2.34. The first kappa shape index (κ1) is 15.6. The van der Waals surface area contributed by atoms with Crippen molar-refractivity contribution in [3.05, 3.63) is 28.3 Å². The quantitative estimate of drug-likeness (QED) is 0.838. The summed E-state index contributed by atoms with van der Waals surface area (Å²) in [7, 11) is 1.78. The van der Waals surface area contributed by atoms with Gasteiger partial charge in [0.1, 0.15) is 5.75 Å². The third-order valence-corrected chi connectivity index (χ3v) is 4.10. The van der Waals surface area contributed by atoms with E-state index in [1.807, 2.05) is 12.1 Å². The van der Waals surface area contributed by atoms with E-state index in [-0.39, 0.29) is 12.1 Å². The Balaban J connectivity index is 2.22. The van der Waals surface area contributed by atoms with Gasteiger partial charge in [0.2, 0.25) is 0 Å². The van der Waals surface area contributed by atoms with Gasteiger partial charge >= 0.3 is 0 Å². The van der Waals surface area contributed by atoms with Crippen molar-refractivity contribution in [2.24, 2.45) is 0 Å². The van der Waals surface area contributed by atoms with Crippen LogP contribution in [0.4, 0.5) is 0 Å². The van der Waals surface area contributed by atoms with Gasteiger partial charge in [0, 0.05) is 24.6 Å². The Hall–Kier alpha value is -0.770. The van der Waals surface area contributed by atoms with Gasteiger partial charge in [0.15, 0.2) is 0 Å². The van der Waals surface area contributed by atoms with E-state index in [0.717, 1.165) is 43.2 Å². The molecular formula is C16H24ClNO2. The molecule has 1 heterocycles. The van der Waals surface area contributed by atoms with Gasteiger partial charge in [-0.05, 0) is 42.6 Å². The highest BCUT2D eigenvalue weighted by atomic mass is 35.5. The monoisotopic (exact) mass is 297 g/mol. The Kier molecular flexibility index (Phi) is 5.70. The molecule has 4 heteroatoms. The van der Waals surface area contributed by atoms with E-state index in [1.54, 1.807) is 7.11 Å². The van der Waals surface area contributed by atoms with Gasteiger partial charge < -0.3 is 14.8 Å². The zero-order valence-corrected chi connectivity index (χ0v) is 13.3. The van der Waals surface area contributed by atoms with Gasteiger partial charge in [-0.25, -0.2) is 0 Å². The smallest absolute Gasteiger partial charge is 0.125 e. The minimum absolute atomic E-state index is 0.200. The molecule has 20 heavy (non-hydrogen) atoms. The van der Waals surface area contributed by atoms with Gasteiger partial charge in [-0.15, -0.1) is 0 Å². The Morgan fingerprint density at radius 2 is 2.20 bits per heavy atom. The molecule has 0 aromatic heterocycles. The van der Waals surface area contributed by atoms with Crippen molar-refractivity contribution in [2.45, 2.75) is 45.3 Å². The van der Waals surface area contributed by atoms with E-state index >= 15 is 0 Å². The number of hydrogen-bond donors (Lipinski definition) is 1. The van der Waals surface area contributed by atoms with Crippen molar-refractivity contribution in [2.75, 3.05) is 20.3 Å². The van der Waals surface area contributed by atoms with Crippen LogP contribution in [0.25, 0.3) is 0 Å². The van der Waals surface area contributed by atoms with Crippen LogP contribution < -0.4 is 10.1 Å². The summed E-state index contributed by atoms with van der Waals surface area (Å²) >= 11 is 6.23. The molecule has 0 radical (unpaired) electrons. The zero-order chi connectivity index (χ0) is 14.5. The lowest BCUT2D eigenvalue weighted by molar-refractivity contribution is 0.0657. The van der Waals surface area contributed by atoms with Crippen LogP contribution >= 0.6 is 11.6 Å². The number of halogens is 1. The molecule has 0 amide bonds. The Morgan fingerprint density at radius 1 is 1.40 bits per heavy atom. The van der Waals surface area contributed by atoms with Gasteiger partial charge in [-0.1, -0.05) is 25.4 Å². The summed E-state index contributed by atoms with van der Waals surface area (Å²) in [4.78, 5) is 0. The first-order chi connectivity index (χ1) is 9.69. The molecule has 2 atom stereocenters. The topological polar surface area (TPSA) is 30.5 Å². The second-order valence-corrected chi connectivity index (χ2v) is 5.64. The number of methoxy groups -OCH3 is 1. The molecule has 1 N–H and O–H groups in total. The second kappa shape index (κ2) is 7.30. The average Bonchev–Trinajstić information content (AvgIpc) is 2.88. The van der Waals surface area contributed by atoms with E-state index in [4.69, 9.17) is 21.1 Å². The highest BCUT2D eigenvalue weighted by molar-refractivity contribution is 6.30. The summed E-state index contributed by atoms with van der Waals surface area (Å²) in [5.41, 5.74) is 2.42. The molecule has 2 unspecified atom stereocenters. The molecule has 0 bridgehead atoms. The summed E-state index contributed by atoms with van der Waals surface area (Å²) in [5, 5.41) is 4.32. The molecule has 1 aliphatic heterocycles. The molecule has 1 aliphatic rings. The minimum Gasteiger partial charge on any atom is -0.493 e. The third kappa shape index (κ3) is 3.46. The van der Waals surface area contributed by atoms with Crippen LogP contribution in [-0.2, 0) is 17.6 Å². The van der Waals surface area contributed by atoms with E-state index in [0.29, 0.717) is 0 Å². The lowest BCUT2D eigenvalue weighted by atomic mass is 9.97. The highest BCUT2D eigenvalue weighted by Gasteiger charge is 2.24. The van der Waals surface area contributed by atoms with Crippen molar-refractivity contribution >= 4 is 11.6 Å². The fraction of sp³-hybridized carbons (Fsp3) is 0.625. The van der Waals surface area contributed by atoms with Gasteiger partial charge in [0.25, 0.3) is 0 Å². The molecule has 2 rings (SSSR count). The predicted octanol–water partition coefficient (Wildman–Crippen LogP) is 3.22. The third-order valence-electron chi connectivity index (χ3n) is 3.89. The van der Waals surface area contributed by atoms with Crippen molar-refractivity contribution in [1.82, 2.24) is 5.32 Å². The zero-order valence-electron chi connectivity index (χ0n) is 12.5. The molecule has 0 saturated heterocycles. The molecular weight excluding hydrogens is 274 g/mol. The van der Waals surface area contributed by atoms with Gasteiger partial charge in [-0.3, -0.25) is 0 Å². The summed E-state index contributed by atoms with van der Waals surface area (Å²) < 4.78 is 11.4. The maximum Gasteiger partial charge on any atom is 0.125 e. The minimum atomic E-state index is 0.200. The molecule has 0 fully saturated rings. The molecule has 0 aliphatic carbocycles. The van der Waals surface area contributed by atoms with E-state index < -0.39 is 0 Å². The maximum atomic E-state index is 6.23. The molecule has 3 nitrogen and oxygen atoms in total. The lowest BCUT2D eigenvalue weighted by Gasteiger charge is -2.26. The summed E-state index contributed by atoms with van der Waals surface area (Å²) in [6, 6.07) is 4.32. The predicted molar refractivity (Wildman–Crippen MR) is 82.9 cm³/mol. The number of ether oxygens (including phenoxy) is 2.